The van der Waals surface area contributed by atoms with E-state index in [9.17, 15) is 9.90 Å². The van der Waals surface area contributed by atoms with Gasteiger partial charge < -0.3 is 10.4 Å². The Bertz CT molecular complexity index is 608. The Kier molecular flexibility index (Phi) is 3.57. The number of halogens is 1. The van der Waals surface area contributed by atoms with E-state index in [0.717, 1.165) is 57.9 Å². The Labute approximate surface area is 144 Å². The number of allylic oxidation sites excluding steroid dienone is 2. The van der Waals surface area contributed by atoms with E-state index in [4.69, 9.17) is 0 Å². The molecule has 0 spiro atoms. The third-order valence-corrected chi connectivity index (χ3v) is 7.18. The summed E-state index contributed by atoms with van der Waals surface area (Å²) in [6.07, 6.45) is 12.2. The number of ketones is 1. The molecule has 0 aromatic heterocycles. The number of hydrogen-bond donors (Lipinski definition) is 2. The summed E-state index contributed by atoms with van der Waals surface area (Å²) >= 11 is 0. The second-order valence-corrected chi connectivity index (χ2v) is 8.11. The molecule has 0 aromatic rings. The molecule has 2 bridgehead atoms. The third-order valence-electron chi connectivity index (χ3n) is 7.18. The normalized spacial score (nSPS) is 45.2. The molecule has 2 saturated carbocycles. The second-order valence-electron chi connectivity index (χ2n) is 8.11. The van der Waals surface area contributed by atoms with Crippen LogP contribution in [0.25, 0.3) is 0 Å². The number of carbonyl (C=O) groups is 1. The highest BCUT2D eigenvalue weighted by atomic mass is 35.5. The molecular weight excluding hydrogens is 310 g/mol. The highest BCUT2D eigenvalue weighted by Gasteiger charge is 2.60. The molecule has 23 heavy (non-hydrogen) atoms. The van der Waals surface area contributed by atoms with Crippen molar-refractivity contribution in [2.75, 3.05) is 6.54 Å². The zero-order valence-electron chi connectivity index (χ0n) is 13.5. The van der Waals surface area contributed by atoms with E-state index >= 15 is 0 Å². The van der Waals surface area contributed by atoms with Crippen LogP contribution in [0.3, 0.4) is 0 Å². The van der Waals surface area contributed by atoms with Gasteiger partial charge in [0.25, 0.3) is 0 Å². The average molecular weight is 336 g/mol. The van der Waals surface area contributed by atoms with Gasteiger partial charge in [0, 0.05) is 12.5 Å². The number of carbonyl (C=O) groups excluding carboxylic acids is 1. The second kappa shape index (κ2) is 5.18. The van der Waals surface area contributed by atoms with Crippen molar-refractivity contribution < 1.29 is 9.90 Å². The summed E-state index contributed by atoms with van der Waals surface area (Å²) in [5, 5.41) is 15.1. The number of hydrogen-bond acceptors (Lipinski definition) is 3. The van der Waals surface area contributed by atoms with Crippen LogP contribution in [0.5, 0.6) is 0 Å². The molecule has 3 fully saturated rings. The first-order valence-electron chi connectivity index (χ1n) is 9.06. The summed E-state index contributed by atoms with van der Waals surface area (Å²) in [5.41, 5.74) is 1.53. The molecule has 5 rings (SSSR count). The van der Waals surface area contributed by atoms with Gasteiger partial charge in [0.2, 0.25) is 0 Å². The number of aliphatic hydroxyl groups is 1. The van der Waals surface area contributed by atoms with Crippen LogP contribution >= 0.6 is 12.4 Å². The molecule has 2 N–H and O–H groups in total. The van der Waals surface area contributed by atoms with E-state index in [1.54, 1.807) is 0 Å². The molecule has 126 valence electrons. The summed E-state index contributed by atoms with van der Waals surface area (Å²) in [6.45, 7) is 0.944. The van der Waals surface area contributed by atoms with Crippen molar-refractivity contribution in [3.8, 4) is 0 Å². The minimum atomic E-state index is -0.656. The van der Waals surface area contributed by atoms with Gasteiger partial charge in [-0.1, -0.05) is 12.2 Å². The Morgan fingerprint density at radius 2 is 2.09 bits per heavy atom. The molecule has 1 unspecified atom stereocenters. The van der Waals surface area contributed by atoms with E-state index in [2.05, 4.69) is 17.5 Å². The monoisotopic (exact) mass is 335 g/mol. The van der Waals surface area contributed by atoms with Crippen LogP contribution in [0.4, 0.5) is 0 Å². The lowest BCUT2D eigenvalue weighted by Crippen LogP contribution is -2.62. The van der Waals surface area contributed by atoms with Gasteiger partial charge in [-0.05, 0) is 74.5 Å². The molecule has 4 aliphatic carbocycles. The molecule has 4 atom stereocenters. The first-order valence-corrected chi connectivity index (χ1v) is 9.06. The minimum absolute atomic E-state index is 0. The van der Waals surface area contributed by atoms with Crippen LogP contribution in [0.1, 0.15) is 51.4 Å². The van der Waals surface area contributed by atoms with E-state index in [1.165, 1.54) is 11.1 Å². The quantitative estimate of drug-likeness (QED) is 0.774. The van der Waals surface area contributed by atoms with Crippen LogP contribution in [0.15, 0.2) is 23.3 Å². The van der Waals surface area contributed by atoms with Gasteiger partial charge in [-0.2, -0.15) is 0 Å². The largest absolute Gasteiger partial charge is 0.385 e. The molecule has 3 nitrogen and oxygen atoms in total. The third kappa shape index (κ3) is 1.93. The standard InChI is InChI=1S/C19H25NO2.ClH/c21-17-5-1-3-14-16-11-15-13(18(14,17)9-10-20-16)4-2-8-19(15,22)12-6-7-12;/h2,4,12,14,16,20,22H,1,3,5-11H2;1H/t14-,16+,18+,19?;/m0./s1. The number of nitrogens with one attached hydrogen (secondary N) is 1. The van der Waals surface area contributed by atoms with Gasteiger partial charge >= 0.3 is 0 Å². The van der Waals surface area contributed by atoms with Gasteiger partial charge in [0.1, 0.15) is 5.78 Å². The van der Waals surface area contributed by atoms with Crippen molar-refractivity contribution in [3.05, 3.63) is 23.3 Å². The van der Waals surface area contributed by atoms with Crippen molar-refractivity contribution in [3.63, 3.8) is 0 Å². The summed E-state index contributed by atoms with van der Waals surface area (Å²) in [6, 6.07) is 0.397. The number of Topliss-reactive ketones (excluding diaryl/α,β-unsaturated/α-hetero) is 1. The lowest BCUT2D eigenvalue weighted by Gasteiger charge is -2.57. The highest BCUT2D eigenvalue weighted by Crippen LogP contribution is 2.60. The maximum Gasteiger partial charge on any atom is 0.143 e. The SMILES string of the molecule is Cl.O=C1CCC[C@H]2[C@H]3CC4=C(C=CCC4(O)C4CC4)[C@@]12CCN3. The molecule has 0 radical (unpaired) electrons. The Morgan fingerprint density at radius 3 is 2.87 bits per heavy atom. The molecule has 4 heteroatoms. The summed E-state index contributed by atoms with van der Waals surface area (Å²) < 4.78 is 0. The fraction of sp³-hybridized carbons (Fsp3) is 0.737. The fourth-order valence-electron chi connectivity index (χ4n) is 6.04. The zero-order chi connectivity index (χ0) is 14.9. The number of piperidine rings is 1. The van der Waals surface area contributed by atoms with Crippen LogP contribution < -0.4 is 5.32 Å². The molecular formula is C19H26ClNO2. The van der Waals surface area contributed by atoms with Gasteiger partial charge in [0.05, 0.1) is 11.0 Å². The average Bonchev–Trinajstić information content (AvgIpc) is 3.34. The van der Waals surface area contributed by atoms with Crippen molar-refractivity contribution in [1.29, 1.82) is 0 Å². The molecule has 1 heterocycles. The summed E-state index contributed by atoms with van der Waals surface area (Å²) in [4.78, 5) is 13.0. The predicted octanol–water partition coefficient (Wildman–Crippen LogP) is 2.93. The van der Waals surface area contributed by atoms with Crippen molar-refractivity contribution >= 4 is 18.2 Å². The lowest BCUT2D eigenvalue weighted by molar-refractivity contribution is -0.136. The molecule has 0 aromatic carbocycles. The maximum atomic E-state index is 13.0. The Balaban J connectivity index is 0.00000135. The van der Waals surface area contributed by atoms with Crippen molar-refractivity contribution in [1.82, 2.24) is 5.32 Å². The zero-order valence-corrected chi connectivity index (χ0v) is 14.3. The Hall–Kier alpha value is -0.640. The molecule has 0 amide bonds. The first kappa shape index (κ1) is 15.9. The first-order chi connectivity index (χ1) is 10.7. The van der Waals surface area contributed by atoms with E-state index in [0.29, 0.717) is 23.7 Å². The van der Waals surface area contributed by atoms with Crippen molar-refractivity contribution in [2.24, 2.45) is 17.3 Å². The molecule has 1 saturated heterocycles. The fourth-order valence-corrected chi connectivity index (χ4v) is 6.04. The topological polar surface area (TPSA) is 49.3 Å². The van der Waals surface area contributed by atoms with Gasteiger partial charge in [-0.3, -0.25) is 4.79 Å². The Morgan fingerprint density at radius 1 is 1.26 bits per heavy atom. The number of rotatable bonds is 1. The minimum Gasteiger partial charge on any atom is -0.385 e. The van der Waals surface area contributed by atoms with Crippen LogP contribution in [-0.4, -0.2) is 29.1 Å². The van der Waals surface area contributed by atoms with Crippen LogP contribution in [0.2, 0.25) is 0 Å². The van der Waals surface area contributed by atoms with E-state index in [1.807, 2.05) is 0 Å². The van der Waals surface area contributed by atoms with Gasteiger partial charge in [0.15, 0.2) is 0 Å². The maximum absolute atomic E-state index is 13.0. The van der Waals surface area contributed by atoms with E-state index < -0.39 is 5.60 Å². The van der Waals surface area contributed by atoms with Crippen LogP contribution in [-0.2, 0) is 4.79 Å². The predicted molar refractivity (Wildman–Crippen MR) is 91.5 cm³/mol. The van der Waals surface area contributed by atoms with Gasteiger partial charge in [-0.25, -0.2) is 0 Å². The van der Waals surface area contributed by atoms with Gasteiger partial charge in [-0.15, -0.1) is 12.4 Å². The van der Waals surface area contributed by atoms with Crippen molar-refractivity contribution in [2.45, 2.75) is 63.0 Å². The van der Waals surface area contributed by atoms with Crippen LogP contribution in [0, 0.1) is 17.3 Å². The lowest BCUT2D eigenvalue weighted by atomic mass is 9.50. The highest BCUT2D eigenvalue weighted by molar-refractivity contribution is 5.91. The summed E-state index contributed by atoms with van der Waals surface area (Å²) in [5.74, 6) is 1.33. The van der Waals surface area contributed by atoms with E-state index in [-0.39, 0.29) is 17.8 Å². The molecule has 1 aliphatic heterocycles. The smallest absolute Gasteiger partial charge is 0.143 e. The molecule has 5 aliphatic rings. The summed E-state index contributed by atoms with van der Waals surface area (Å²) in [7, 11) is 0.